The number of ether oxygens (including phenoxy) is 1. The Bertz CT molecular complexity index is 585. The van der Waals surface area contributed by atoms with Gasteiger partial charge in [0.2, 0.25) is 0 Å². The standard InChI is InChI=1S/C8H11N5O4S/c1-3-17-8(14)12-18(15,16)11-7-6(4-9)5-10-13(7)2/h5,11H,3H2,1-2H3,(H,12,14). The van der Waals surface area contributed by atoms with Gasteiger partial charge in [-0.25, -0.2) is 14.2 Å². The molecule has 0 aliphatic heterocycles. The van der Waals surface area contributed by atoms with Crippen LogP contribution in [0.2, 0.25) is 0 Å². The average molecular weight is 273 g/mol. The molecule has 18 heavy (non-hydrogen) atoms. The van der Waals surface area contributed by atoms with Gasteiger partial charge in [0.15, 0.2) is 5.82 Å². The number of carbonyl (C=O) groups excluding carboxylic acids is 1. The highest BCUT2D eigenvalue weighted by atomic mass is 32.2. The van der Waals surface area contributed by atoms with E-state index in [2.05, 4.69) is 9.84 Å². The first kappa shape index (κ1) is 13.8. The molecule has 2 N–H and O–H groups in total. The maximum absolute atomic E-state index is 11.5. The van der Waals surface area contributed by atoms with Gasteiger partial charge in [-0.05, 0) is 6.92 Å². The number of amides is 1. The lowest BCUT2D eigenvalue weighted by atomic mass is 10.4. The van der Waals surface area contributed by atoms with E-state index in [4.69, 9.17) is 5.26 Å². The van der Waals surface area contributed by atoms with Crippen LogP contribution >= 0.6 is 0 Å². The minimum atomic E-state index is -4.17. The van der Waals surface area contributed by atoms with E-state index in [1.807, 2.05) is 4.72 Å². The molecular formula is C8H11N5O4S. The Balaban J connectivity index is 2.86. The van der Waals surface area contributed by atoms with Crippen molar-refractivity contribution in [2.24, 2.45) is 7.05 Å². The van der Waals surface area contributed by atoms with Crippen molar-refractivity contribution in [1.82, 2.24) is 14.5 Å². The summed E-state index contributed by atoms with van der Waals surface area (Å²) in [4.78, 5) is 11.0. The number of carbonyl (C=O) groups is 1. The first-order valence-corrected chi connectivity index (χ1v) is 6.27. The maximum atomic E-state index is 11.5. The van der Waals surface area contributed by atoms with E-state index in [1.165, 1.54) is 20.2 Å². The molecule has 1 amide bonds. The van der Waals surface area contributed by atoms with Crippen molar-refractivity contribution in [3.8, 4) is 6.07 Å². The molecule has 0 aromatic carbocycles. The van der Waals surface area contributed by atoms with E-state index in [-0.39, 0.29) is 18.0 Å². The molecule has 0 radical (unpaired) electrons. The lowest BCUT2D eigenvalue weighted by Gasteiger charge is -2.09. The summed E-state index contributed by atoms with van der Waals surface area (Å²) in [5.41, 5.74) is 0.0340. The van der Waals surface area contributed by atoms with Crippen molar-refractivity contribution in [2.75, 3.05) is 11.3 Å². The molecule has 0 aliphatic carbocycles. The van der Waals surface area contributed by atoms with Crippen molar-refractivity contribution < 1.29 is 17.9 Å². The van der Waals surface area contributed by atoms with Gasteiger partial charge in [-0.15, -0.1) is 0 Å². The summed E-state index contributed by atoms with van der Waals surface area (Å²) in [6.45, 7) is 1.57. The summed E-state index contributed by atoms with van der Waals surface area (Å²) in [6, 6.07) is 1.76. The minimum absolute atomic E-state index is 0.0340. The second-order valence-corrected chi connectivity index (χ2v) is 4.49. The van der Waals surface area contributed by atoms with E-state index >= 15 is 0 Å². The van der Waals surface area contributed by atoms with Crippen molar-refractivity contribution in [3.05, 3.63) is 11.8 Å². The molecule has 0 bridgehead atoms. The summed E-state index contributed by atoms with van der Waals surface area (Å²) >= 11 is 0. The lowest BCUT2D eigenvalue weighted by Crippen LogP contribution is -2.36. The predicted molar refractivity (Wildman–Crippen MR) is 60.6 cm³/mol. The van der Waals surface area contributed by atoms with Crippen LogP contribution in [-0.4, -0.2) is 30.9 Å². The van der Waals surface area contributed by atoms with Crippen molar-refractivity contribution in [2.45, 2.75) is 6.92 Å². The Morgan fingerprint density at radius 1 is 1.67 bits per heavy atom. The zero-order valence-corrected chi connectivity index (χ0v) is 10.5. The molecule has 0 aliphatic rings. The van der Waals surface area contributed by atoms with Crippen LogP contribution in [0.3, 0.4) is 0 Å². The number of hydrogen-bond acceptors (Lipinski definition) is 6. The maximum Gasteiger partial charge on any atom is 0.422 e. The van der Waals surface area contributed by atoms with Crippen LogP contribution in [0.15, 0.2) is 6.20 Å². The molecule has 0 spiro atoms. The predicted octanol–water partition coefficient (Wildman–Crippen LogP) is -0.305. The lowest BCUT2D eigenvalue weighted by molar-refractivity contribution is 0.159. The molecule has 1 aromatic heterocycles. The molecule has 1 rings (SSSR count). The first-order valence-electron chi connectivity index (χ1n) is 4.79. The Hall–Kier alpha value is -2.28. The van der Waals surface area contributed by atoms with Gasteiger partial charge in [0.25, 0.3) is 0 Å². The third-order valence-electron chi connectivity index (χ3n) is 1.78. The molecule has 10 heteroatoms. The fraction of sp³-hybridized carbons (Fsp3) is 0.375. The number of aromatic nitrogens is 2. The summed E-state index contributed by atoms with van der Waals surface area (Å²) in [5, 5.41) is 12.5. The van der Waals surface area contributed by atoms with Gasteiger partial charge in [-0.3, -0.25) is 4.68 Å². The molecule has 0 saturated heterocycles. The average Bonchev–Trinajstić information content (AvgIpc) is 2.59. The molecule has 0 unspecified atom stereocenters. The summed E-state index contributed by atoms with van der Waals surface area (Å²) in [7, 11) is -2.72. The quantitative estimate of drug-likeness (QED) is 0.775. The molecule has 0 saturated carbocycles. The Morgan fingerprint density at radius 3 is 2.89 bits per heavy atom. The number of rotatable bonds is 4. The van der Waals surface area contributed by atoms with E-state index in [0.29, 0.717) is 0 Å². The Morgan fingerprint density at radius 2 is 2.33 bits per heavy atom. The summed E-state index contributed by atoms with van der Waals surface area (Å²) in [6.07, 6.45) is 0.0908. The Kier molecular flexibility index (Phi) is 4.11. The third kappa shape index (κ3) is 3.36. The summed E-state index contributed by atoms with van der Waals surface area (Å²) < 4.78 is 32.3. The van der Waals surface area contributed by atoms with Crippen LogP contribution in [0.25, 0.3) is 0 Å². The first-order chi connectivity index (χ1) is 8.39. The van der Waals surface area contributed by atoms with Crippen molar-refractivity contribution in [1.29, 1.82) is 5.26 Å². The highest BCUT2D eigenvalue weighted by molar-refractivity contribution is 7.91. The second-order valence-electron chi connectivity index (χ2n) is 3.07. The number of nitrogens with one attached hydrogen (secondary N) is 2. The van der Waals surface area contributed by atoms with E-state index in [1.54, 1.807) is 10.8 Å². The van der Waals surface area contributed by atoms with Gasteiger partial charge in [0.05, 0.1) is 12.8 Å². The molecule has 1 heterocycles. The van der Waals surface area contributed by atoms with E-state index in [9.17, 15) is 13.2 Å². The smallest absolute Gasteiger partial charge is 0.422 e. The zero-order valence-electron chi connectivity index (χ0n) is 9.67. The van der Waals surface area contributed by atoms with Crippen LogP contribution in [0.1, 0.15) is 12.5 Å². The van der Waals surface area contributed by atoms with Gasteiger partial charge in [0.1, 0.15) is 11.6 Å². The van der Waals surface area contributed by atoms with Gasteiger partial charge in [0, 0.05) is 7.05 Å². The molecule has 0 fully saturated rings. The normalized spacial score (nSPS) is 10.5. The van der Waals surface area contributed by atoms with E-state index in [0.717, 1.165) is 4.68 Å². The number of anilines is 1. The van der Waals surface area contributed by atoms with Crippen LogP contribution in [0.5, 0.6) is 0 Å². The minimum Gasteiger partial charge on any atom is -0.449 e. The monoisotopic (exact) mass is 273 g/mol. The molecule has 0 atom stereocenters. The van der Waals surface area contributed by atoms with Gasteiger partial charge >= 0.3 is 16.3 Å². The van der Waals surface area contributed by atoms with Crippen LogP contribution in [0.4, 0.5) is 10.6 Å². The van der Waals surface area contributed by atoms with E-state index < -0.39 is 16.3 Å². The van der Waals surface area contributed by atoms with Crippen LogP contribution in [-0.2, 0) is 22.0 Å². The van der Waals surface area contributed by atoms with Crippen molar-refractivity contribution in [3.63, 3.8) is 0 Å². The van der Waals surface area contributed by atoms with Gasteiger partial charge in [-0.2, -0.15) is 18.8 Å². The highest BCUT2D eigenvalue weighted by Gasteiger charge is 2.19. The fourth-order valence-corrected chi connectivity index (χ4v) is 1.89. The highest BCUT2D eigenvalue weighted by Crippen LogP contribution is 2.13. The molecule has 9 nitrogen and oxygen atoms in total. The fourth-order valence-electron chi connectivity index (χ4n) is 1.06. The number of nitriles is 1. The molecule has 98 valence electrons. The Labute approximate surface area is 104 Å². The van der Waals surface area contributed by atoms with Crippen LogP contribution in [0, 0.1) is 11.3 Å². The molecule has 1 aromatic rings. The second kappa shape index (κ2) is 5.37. The zero-order chi connectivity index (χ0) is 13.8. The molecular weight excluding hydrogens is 262 g/mol. The number of hydrogen-bond donors (Lipinski definition) is 2. The van der Waals surface area contributed by atoms with Crippen molar-refractivity contribution >= 4 is 22.1 Å². The number of nitrogens with zero attached hydrogens (tertiary/aromatic N) is 3. The largest absolute Gasteiger partial charge is 0.449 e. The topological polar surface area (TPSA) is 126 Å². The van der Waals surface area contributed by atoms with Gasteiger partial charge < -0.3 is 4.74 Å². The third-order valence-corrected chi connectivity index (χ3v) is 2.68. The SMILES string of the molecule is CCOC(=O)NS(=O)(=O)Nc1c(C#N)cnn1C. The van der Waals surface area contributed by atoms with Gasteiger partial charge in [-0.1, -0.05) is 0 Å². The number of aryl methyl sites for hydroxylation is 1. The summed E-state index contributed by atoms with van der Waals surface area (Å²) in [5.74, 6) is -0.0469. The van der Waals surface area contributed by atoms with Crippen LogP contribution < -0.4 is 9.44 Å².